The van der Waals surface area contributed by atoms with Gasteiger partial charge in [-0.15, -0.1) is 0 Å². The standard InChI is InChI=1S/C13H20FNO2/c1-4-9(2)17-8-12(15)10-5-6-13(16-3)11(14)7-10/h5-7,9,12H,4,8,15H2,1-3H3. The molecule has 0 bridgehead atoms. The van der Waals surface area contributed by atoms with Crippen molar-refractivity contribution in [2.75, 3.05) is 13.7 Å². The van der Waals surface area contributed by atoms with Gasteiger partial charge in [0.25, 0.3) is 0 Å². The van der Waals surface area contributed by atoms with Crippen LogP contribution in [0.3, 0.4) is 0 Å². The average molecular weight is 241 g/mol. The molecule has 17 heavy (non-hydrogen) atoms. The Balaban J connectivity index is 2.63. The number of hydrogen-bond acceptors (Lipinski definition) is 3. The van der Waals surface area contributed by atoms with E-state index < -0.39 is 5.82 Å². The Hall–Kier alpha value is -1.13. The second kappa shape index (κ2) is 6.57. The lowest BCUT2D eigenvalue weighted by Gasteiger charge is -2.16. The van der Waals surface area contributed by atoms with Crippen LogP contribution in [0.25, 0.3) is 0 Å². The molecule has 2 atom stereocenters. The van der Waals surface area contributed by atoms with Crippen molar-refractivity contribution in [3.05, 3.63) is 29.6 Å². The first kappa shape index (κ1) is 13.9. The molecule has 1 aromatic rings. The van der Waals surface area contributed by atoms with Crippen LogP contribution in [0.15, 0.2) is 18.2 Å². The lowest BCUT2D eigenvalue weighted by molar-refractivity contribution is 0.0538. The van der Waals surface area contributed by atoms with Crippen LogP contribution in [0, 0.1) is 5.82 Å². The van der Waals surface area contributed by atoms with Gasteiger partial charge in [-0.1, -0.05) is 13.0 Å². The first-order chi connectivity index (χ1) is 8.08. The summed E-state index contributed by atoms with van der Waals surface area (Å²) in [5.74, 6) is -0.173. The molecule has 0 saturated carbocycles. The predicted octanol–water partition coefficient (Wildman–Crippen LogP) is 2.65. The van der Waals surface area contributed by atoms with Crippen molar-refractivity contribution < 1.29 is 13.9 Å². The van der Waals surface area contributed by atoms with Crippen LogP contribution in [0.2, 0.25) is 0 Å². The minimum Gasteiger partial charge on any atom is -0.494 e. The molecule has 96 valence electrons. The Morgan fingerprint density at radius 1 is 1.41 bits per heavy atom. The summed E-state index contributed by atoms with van der Waals surface area (Å²) in [6.07, 6.45) is 1.10. The van der Waals surface area contributed by atoms with E-state index >= 15 is 0 Å². The van der Waals surface area contributed by atoms with E-state index in [0.29, 0.717) is 12.2 Å². The summed E-state index contributed by atoms with van der Waals surface area (Å²) >= 11 is 0. The molecule has 0 spiro atoms. The van der Waals surface area contributed by atoms with Crippen LogP contribution in [0.4, 0.5) is 4.39 Å². The van der Waals surface area contributed by atoms with E-state index in [2.05, 4.69) is 0 Å². The van der Waals surface area contributed by atoms with Crippen LogP contribution in [-0.2, 0) is 4.74 Å². The lowest BCUT2D eigenvalue weighted by Crippen LogP contribution is -2.20. The summed E-state index contributed by atoms with van der Waals surface area (Å²) < 4.78 is 23.8. The maximum Gasteiger partial charge on any atom is 0.165 e. The van der Waals surface area contributed by atoms with Gasteiger partial charge in [0, 0.05) is 0 Å². The van der Waals surface area contributed by atoms with Gasteiger partial charge in [-0.05, 0) is 31.0 Å². The Morgan fingerprint density at radius 3 is 2.65 bits per heavy atom. The van der Waals surface area contributed by atoms with Crippen molar-refractivity contribution in [2.24, 2.45) is 5.73 Å². The number of benzene rings is 1. The fourth-order valence-corrected chi connectivity index (χ4v) is 1.40. The number of rotatable bonds is 6. The molecule has 4 heteroatoms. The highest BCUT2D eigenvalue weighted by Gasteiger charge is 2.11. The second-order valence-electron chi connectivity index (χ2n) is 4.05. The van der Waals surface area contributed by atoms with Crippen molar-refractivity contribution in [3.8, 4) is 5.75 Å². The summed E-state index contributed by atoms with van der Waals surface area (Å²) in [6.45, 7) is 4.42. The molecule has 0 heterocycles. The maximum absolute atomic E-state index is 13.5. The molecule has 1 rings (SSSR count). The molecule has 2 unspecified atom stereocenters. The monoisotopic (exact) mass is 241 g/mol. The first-order valence-corrected chi connectivity index (χ1v) is 5.79. The molecular formula is C13H20FNO2. The Morgan fingerprint density at radius 2 is 2.12 bits per heavy atom. The third-order valence-electron chi connectivity index (χ3n) is 2.74. The van der Waals surface area contributed by atoms with Crippen molar-refractivity contribution in [1.29, 1.82) is 0 Å². The molecule has 0 aliphatic heterocycles. The van der Waals surface area contributed by atoms with Gasteiger partial charge in [0.2, 0.25) is 0 Å². The highest BCUT2D eigenvalue weighted by Crippen LogP contribution is 2.21. The van der Waals surface area contributed by atoms with Gasteiger partial charge in [-0.3, -0.25) is 0 Å². The van der Waals surface area contributed by atoms with Crippen LogP contribution in [-0.4, -0.2) is 19.8 Å². The van der Waals surface area contributed by atoms with Gasteiger partial charge in [-0.25, -0.2) is 4.39 Å². The Labute approximate surface area is 102 Å². The van der Waals surface area contributed by atoms with Gasteiger partial charge < -0.3 is 15.2 Å². The van der Waals surface area contributed by atoms with E-state index in [1.807, 2.05) is 13.8 Å². The number of methoxy groups -OCH3 is 1. The lowest BCUT2D eigenvalue weighted by atomic mass is 10.1. The molecule has 0 saturated heterocycles. The summed E-state index contributed by atoms with van der Waals surface area (Å²) in [6, 6.07) is 4.41. The normalized spacial score (nSPS) is 14.4. The molecule has 0 amide bonds. The Kier molecular flexibility index (Phi) is 5.38. The molecule has 1 aromatic carbocycles. The van der Waals surface area contributed by atoms with Crippen molar-refractivity contribution in [3.63, 3.8) is 0 Å². The summed E-state index contributed by atoms with van der Waals surface area (Å²) in [7, 11) is 1.43. The van der Waals surface area contributed by atoms with Gasteiger partial charge in [0.1, 0.15) is 0 Å². The van der Waals surface area contributed by atoms with Gasteiger partial charge in [-0.2, -0.15) is 0 Å². The molecule has 0 fully saturated rings. The highest BCUT2D eigenvalue weighted by atomic mass is 19.1. The van der Waals surface area contributed by atoms with E-state index in [1.165, 1.54) is 13.2 Å². The van der Waals surface area contributed by atoms with Crippen LogP contribution < -0.4 is 10.5 Å². The predicted molar refractivity (Wildman–Crippen MR) is 65.6 cm³/mol. The highest BCUT2D eigenvalue weighted by molar-refractivity contribution is 5.30. The van der Waals surface area contributed by atoms with Crippen molar-refractivity contribution >= 4 is 0 Å². The first-order valence-electron chi connectivity index (χ1n) is 5.79. The molecule has 0 aliphatic rings. The molecule has 3 nitrogen and oxygen atoms in total. The zero-order valence-corrected chi connectivity index (χ0v) is 10.6. The molecule has 0 aliphatic carbocycles. The quantitative estimate of drug-likeness (QED) is 0.832. The summed E-state index contributed by atoms with van der Waals surface area (Å²) in [5.41, 5.74) is 6.64. The minimum absolute atomic E-state index is 0.171. The largest absolute Gasteiger partial charge is 0.494 e. The van der Waals surface area contributed by atoms with Crippen molar-refractivity contribution in [2.45, 2.75) is 32.4 Å². The van der Waals surface area contributed by atoms with Crippen LogP contribution in [0.1, 0.15) is 31.9 Å². The van der Waals surface area contributed by atoms with Gasteiger partial charge in [0.05, 0.1) is 25.9 Å². The van der Waals surface area contributed by atoms with E-state index in [1.54, 1.807) is 12.1 Å². The average Bonchev–Trinajstić information content (AvgIpc) is 2.35. The number of hydrogen-bond donors (Lipinski definition) is 1. The second-order valence-corrected chi connectivity index (χ2v) is 4.05. The van der Waals surface area contributed by atoms with Gasteiger partial charge >= 0.3 is 0 Å². The van der Waals surface area contributed by atoms with Crippen LogP contribution in [0.5, 0.6) is 5.75 Å². The minimum atomic E-state index is -0.399. The summed E-state index contributed by atoms with van der Waals surface area (Å²) in [5, 5.41) is 0. The molecule has 0 radical (unpaired) electrons. The van der Waals surface area contributed by atoms with E-state index in [-0.39, 0.29) is 17.9 Å². The molecule has 0 aromatic heterocycles. The topological polar surface area (TPSA) is 44.5 Å². The SMILES string of the molecule is CCC(C)OCC(N)c1ccc(OC)c(F)c1. The third-order valence-corrected chi connectivity index (χ3v) is 2.74. The fourth-order valence-electron chi connectivity index (χ4n) is 1.40. The number of nitrogens with two attached hydrogens (primary N) is 1. The number of ether oxygens (including phenoxy) is 2. The third kappa shape index (κ3) is 3.98. The van der Waals surface area contributed by atoms with E-state index in [9.17, 15) is 4.39 Å². The van der Waals surface area contributed by atoms with E-state index in [4.69, 9.17) is 15.2 Å². The zero-order valence-electron chi connectivity index (χ0n) is 10.6. The van der Waals surface area contributed by atoms with Gasteiger partial charge in [0.15, 0.2) is 11.6 Å². The Bertz CT molecular complexity index is 357. The summed E-state index contributed by atoms with van der Waals surface area (Å²) in [4.78, 5) is 0. The van der Waals surface area contributed by atoms with Crippen LogP contribution >= 0.6 is 0 Å². The maximum atomic E-state index is 13.5. The van der Waals surface area contributed by atoms with Crippen molar-refractivity contribution in [1.82, 2.24) is 0 Å². The molecule has 2 N–H and O–H groups in total. The smallest absolute Gasteiger partial charge is 0.165 e. The fraction of sp³-hybridized carbons (Fsp3) is 0.538. The van der Waals surface area contributed by atoms with E-state index in [0.717, 1.165) is 6.42 Å². The molecular weight excluding hydrogens is 221 g/mol. The zero-order chi connectivity index (χ0) is 12.8. The number of halogens is 1.